The van der Waals surface area contributed by atoms with Crippen LogP contribution in [0.1, 0.15) is 44.9 Å². The SMILES string of the molecule is O=C(C1CC12CCNCC2)N1CCC(N2CCCCC2)C1. The van der Waals surface area contributed by atoms with E-state index in [4.69, 9.17) is 0 Å². The molecule has 0 aromatic carbocycles. The van der Waals surface area contributed by atoms with Gasteiger partial charge in [-0.05, 0) is 70.1 Å². The maximum Gasteiger partial charge on any atom is 0.226 e. The van der Waals surface area contributed by atoms with E-state index in [1.54, 1.807) is 0 Å². The number of hydrogen-bond donors (Lipinski definition) is 1. The highest BCUT2D eigenvalue weighted by Gasteiger charge is 2.58. The van der Waals surface area contributed by atoms with Crippen molar-refractivity contribution in [1.29, 1.82) is 0 Å². The first kappa shape index (κ1) is 14.0. The largest absolute Gasteiger partial charge is 0.341 e. The lowest BCUT2D eigenvalue weighted by Gasteiger charge is -2.32. The summed E-state index contributed by atoms with van der Waals surface area (Å²) in [5, 5.41) is 3.43. The molecule has 4 aliphatic rings. The summed E-state index contributed by atoms with van der Waals surface area (Å²) < 4.78 is 0. The van der Waals surface area contributed by atoms with E-state index in [0.717, 1.165) is 26.2 Å². The molecule has 1 amide bonds. The van der Waals surface area contributed by atoms with Crippen LogP contribution in [0.4, 0.5) is 0 Å². The second-order valence-electron chi connectivity index (χ2n) is 7.69. The molecular weight excluding hydrogens is 262 g/mol. The Morgan fingerprint density at radius 1 is 1.05 bits per heavy atom. The molecule has 1 saturated carbocycles. The molecule has 1 N–H and O–H groups in total. The van der Waals surface area contributed by atoms with Gasteiger partial charge in [0.05, 0.1) is 0 Å². The molecule has 3 aliphatic heterocycles. The lowest BCUT2D eigenvalue weighted by Crippen LogP contribution is -2.42. The van der Waals surface area contributed by atoms with Crippen LogP contribution in [0.5, 0.6) is 0 Å². The number of hydrogen-bond acceptors (Lipinski definition) is 3. The quantitative estimate of drug-likeness (QED) is 0.837. The summed E-state index contributed by atoms with van der Waals surface area (Å²) in [4.78, 5) is 17.6. The molecule has 2 unspecified atom stereocenters. The minimum Gasteiger partial charge on any atom is -0.341 e. The number of nitrogens with one attached hydrogen (secondary N) is 1. The molecule has 0 radical (unpaired) electrons. The maximum atomic E-state index is 12.8. The van der Waals surface area contributed by atoms with Crippen LogP contribution in [-0.2, 0) is 4.79 Å². The smallest absolute Gasteiger partial charge is 0.226 e. The van der Waals surface area contributed by atoms with Crippen LogP contribution in [0.3, 0.4) is 0 Å². The molecule has 4 fully saturated rings. The van der Waals surface area contributed by atoms with Crippen molar-refractivity contribution in [2.45, 2.75) is 51.0 Å². The van der Waals surface area contributed by atoms with E-state index in [1.165, 1.54) is 58.0 Å². The fraction of sp³-hybridized carbons (Fsp3) is 0.941. The van der Waals surface area contributed by atoms with Gasteiger partial charge in [0, 0.05) is 25.0 Å². The van der Waals surface area contributed by atoms with Crippen molar-refractivity contribution in [3.05, 3.63) is 0 Å². The number of rotatable bonds is 2. The van der Waals surface area contributed by atoms with Gasteiger partial charge in [-0.25, -0.2) is 0 Å². The number of carbonyl (C=O) groups is 1. The molecule has 1 aliphatic carbocycles. The Balaban J connectivity index is 1.32. The lowest BCUT2D eigenvalue weighted by atomic mass is 9.91. The van der Waals surface area contributed by atoms with Crippen molar-refractivity contribution in [2.24, 2.45) is 11.3 Å². The average Bonchev–Trinajstić information content (AvgIpc) is 3.01. The summed E-state index contributed by atoms with van der Waals surface area (Å²) in [5.41, 5.74) is 0.394. The first-order chi connectivity index (χ1) is 10.3. The normalized spacial score (nSPS) is 36.1. The summed E-state index contributed by atoms with van der Waals surface area (Å²) in [6.45, 7) is 6.74. The molecule has 4 heteroatoms. The third kappa shape index (κ3) is 2.61. The zero-order chi connectivity index (χ0) is 14.3. The van der Waals surface area contributed by atoms with E-state index in [2.05, 4.69) is 15.1 Å². The summed E-state index contributed by atoms with van der Waals surface area (Å²) in [6.07, 6.45) is 8.89. The van der Waals surface area contributed by atoms with E-state index < -0.39 is 0 Å². The van der Waals surface area contributed by atoms with E-state index in [1.807, 2.05) is 0 Å². The van der Waals surface area contributed by atoms with Crippen molar-refractivity contribution < 1.29 is 4.79 Å². The van der Waals surface area contributed by atoms with Gasteiger partial charge in [-0.1, -0.05) is 6.42 Å². The second kappa shape index (κ2) is 5.54. The van der Waals surface area contributed by atoms with E-state index >= 15 is 0 Å². The third-order valence-corrected chi connectivity index (χ3v) is 6.47. The molecule has 1 spiro atoms. The predicted molar refractivity (Wildman–Crippen MR) is 83.1 cm³/mol. The summed E-state index contributed by atoms with van der Waals surface area (Å²) in [7, 11) is 0. The van der Waals surface area contributed by atoms with E-state index in [9.17, 15) is 4.79 Å². The van der Waals surface area contributed by atoms with Gasteiger partial charge in [-0.15, -0.1) is 0 Å². The molecule has 21 heavy (non-hydrogen) atoms. The van der Waals surface area contributed by atoms with Crippen LogP contribution in [0.2, 0.25) is 0 Å². The molecule has 3 heterocycles. The molecule has 4 nitrogen and oxygen atoms in total. The fourth-order valence-electron chi connectivity index (χ4n) is 4.92. The number of nitrogens with zero attached hydrogens (tertiary/aromatic N) is 2. The van der Waals surface area contributed by atoms with Gasteiger partial charge >= 0.3 is 0 Å². The van der Waals surface area contributed by atoms with E-state index in [-0.39, 0.29) is 0 Å². The predicted octanol–water partition coefficient (Wildman–Crippen LogP) is 1.46. The minimum absolute atomic E-state index is 0.361. The van der Waals surface area contributed by atoms with E-state index in [0.29, 0.717) is 23.3 Å². The van der Waals surface area contributed by atoms with Crippen molar-refractivity contribution >= 4 is 5.91 Å². The van der Waals surface area contributed by atoms with Crippen LogP contribution >= 0.6 is 0 Å². The van der Waals surface area contributed by atoms with Crippen molar-refractivity contribution in [3.63, 3.8) is 0 Å². The molecule has 0 aromatic heterocycles. The summed E-state index contributed by atoms with van der Waals surface area (Å²) in [6, 6.07) is 0.650. The Morgan fingerprint density at radius 2 is 1.81 bits per heavy atom. The average molecular weight is 291 g/mol. The highest BCUT2D eigenvalue weighted by Crippen LogP contribution is 2.59. The third-order valence-electron chi connectivity index (χ3n) is 6.47. The zero-order valence-corrected chi connectivity index (χ0v) is 13.1. The highest BCUT2D eigenvalue weighted by atomic mass is 16.2. The van der Waals surface area contributed by atoms with Crippen LogP contribution in [0.15, 0.2) is 0 Å². The van der Waals surface area contributed by atoms with Crippen LogP contribution in [0, 0.1) is 11.3 Å². The summed E-state index contributed by atoms with van der Waals surface area (Å²) in [5.74, 6) is 0.844. The second-order valence-corrected chi connectivity index (χ2v) is 7.69. The molecular formula is C17H29N3O. The van der Waals surface area contributed by atoms with Crippen LogP contribution < -0.4 is 5.32 Å². The Bertz CT molecular complexity index is 399. The first-order valence-electron chi connectivity index (χ1n) is 9.02. The van der Waals surface area contributed by atoms with Gasteiger partial charge in [-0.2, -0.15) is 0 Å². The van der Waals surface area contributed by atoms with Crippen LogP contribution in [0.25, 0.3) is 0 Å². The molecule has 118 valence electrons. The Hall–Kier alpha value is -0.610. The number of carbonyl (C=O) groups excluding carboxylic acids is 1. The van der Waals surface area contributed by atoms with Crippen molar-refractivity contribution in [2.75, 3.05) is 39.3 Å². The molecule has 3 saturated heterocycles. The number of amides is 1. The van der Waals surface area contributed by atoms with Crippen LogP contribution in [-0.4, -0.2) is 61.0 Å². The zero-order valence-electron chi connectivity index (χ0n) is 13.1. The highest BCUT2D eigenvalue weighted by molar-refractivity contribution is 5.83. The molecule has 4 rings (SSSR count). The number of piperidine rings is 2. The Labute approximate surface area is 128 Å². The molecule has 0 bridgehead atoms. The first-order valence-corrected chi connectivity index (χ1v) is 9.02. The summed E-state index contributed by atoms with van der Waals surface area (Å²) >= 11 is 0. The van der Waals surface area contributed by atoms with Gasteiger partial charge in [0.1, 0.15) is 0 Å². The van der Waals surface area contributed by atoms with Gasteiger partial charge in [0.15, 0.2) is 0 Å². The van der Waals surface area contributed by atoms with Gasteiger partial charge in [-0.3, -0.25) is 9.69 Å². The van der Waals surface area contributed by atoms with Gasteiger partial charge < -0.3 is 10.2 Å². The van der Waals surface area contributed by atoms with Crippen molar-refractivity contribution in [1.82, 2.24) is 15.1 Å². The Kier molecular flexibility index (Phi) is 3.70. The Morgan fingerprint density at radius 3 is 2.57 bits per heavy atom. The maximum absolute atomic E-state index is 12.8. The topological polar surface area (TPSA) is 35.6 Å². The van der Waals surface area contributed by atoms with Gasteiger partial charge in [0.2, 0.25) is 5.91 Å². The minimum atomic E-state index is 0.361. The molecule has 2 atom stereocenters. The fourth-order valence-corrected chi connectivity index (χ4v) is 4.92. The van der Waals surface area contributed by atoms with Gasteiger partial charge in [0.25, 0.3) is 0 Å². The lowest BCUT2D eigenvalue weighted by molar-refractivity contribution is -0.132. The monoisotopic (exact) mass is 291 g/mol. The number of likely N-dealkylation sites (tertiary alicyclic amines) is 2. The van der Waals surface area contributed by atoms with Crippen molar-refractivity contribution in [3.8, 4) is 0 Å². The molecule has 0 aromatic rings. The standard InChI is InChI=1S/C17H29N3O/c21-16(15-12-17(15)5-7-18-8-6-17)20-11-4-14(13-20)19-9-2-1-3-10-19/h14-15,18H,1-13H2.